The number of hydrogen-bond acceptors (Lipinski definition) is 5. The largest absolute Gasteiger partial charge is 0.496 e. The van der Waals surface area contributed by atoms with Crippen LogP contribution in [0.2, 0.25) is 0 Å². The van der Waals surface area contributed by atoms with E-state index in [9.17, 15) is 9.59 Å². The van der Waals surface area contributed by atoms with E-state index in [4.69, 9.17) is 22.1 Å². The number of nitrogens with zero attached hydrogens (tertiary/aromatic N) is 1. The molecule has 1 aliphatic rings. The summed E-state index contributed by atoms with van der Waals surface area (Å²) in [5.41, 5.74) is 0.742. The number of carboxylic acid groups (broad SMARTS) is 1. The second-order valence-corrected chi connectivity index (χ2v) is 5.58. The van der Waals surface area contributed by atoms with E-state index in [-0.39, 0.29) is 4.32 Å². The molecular weight excluding hydrogens is 298 g/mol. The van der Waals surface area contributed by atoms with Crippen LogP contribution in [0.4, 0.5) is 0 Å². The van der Waals surface area contributed by atoms with Gasteiger partial charge >= 0.3 is 5.97 Å². The van der Waals surface area contributed by atoms with Crippen molar-refractivity contribution in [3.8, 4) is 5.75 Å². The summed E-state index contributed by atoms with van der Waals surface area (Å²) in [5, 5.41) is 8.77. The second kappa shape index (κ2) is 6.06. The van der Waals surface area contributed by atoms with Gasteiger partial charge in [-0.05, 0) is 12.1 Å². The monoisotopic (exact) mass is 309 g/mol. The molecule has 5 nitrogen and oxygen atoms in total. The van der Waals surface area contributed by atoms with Crippen molar-refractivity contribution in [2.45, 2.75) is 0 Å². The minimum atomic E-state index is -1.10. The molecule has 1 aromatic carbocycles. The number of aliphatic carboxylic acids is 1. The van der Waals surface area contributed by atoms with E-state index < -0.39 is 18.4 Å². The zero-order valence-corrected chi connectivity index (χ0v) is 12.2. The van der Waals surface area contributed by atoms with Crippen molar-refractivity contribution < 1.29 is 19.4 Å². The van der Waals surface area contributed by atoms with Gasteiger partial charge in [0.15, 0.2) is 0 Å². The quantitative estimate of drug-likeness (QED) is 0.677. The van der Waals surface area contributed by atoms with Gasteiger partial charge < -0.3 is 9.84 Å². The number of carbonyl (C=O) groups is 2. The van der Waals surface area contributed by atoms with E-state index >= 15 is 0 Å². The first kappa shape index (κ1) is 14.5. The third-order valence-electron chi connectivity index (χ3n) is 2.59. The molecule has 0 radical (unpaired) electrons. The van der Waals surface area contributed by atoms with Crippen molar-refractivity contribution in [1.82, 2.24) is 4.90 Å². The molecule has 104 valence electrons. The highest BCUT2D eigenvalue weighted by Crippen LogP contribution is 2.33. The van der Waals surface area contributed by atoms with Gasteiger partial charge in [-0.25, -0.2) is 0 Å². The molecule has 0 spiro atoms. The van der Waals surface area contributed by atoms with Crippen molar-refractivity contribution in [2.24, 2.45) is 0 Å². The zero-order valence-electron chi connectivity index (χ0n) is 10.5. The summed E-state index contributed by atoms with van der Waals surface area (Å²) in [7, 11) is 1.54. The van der Waals surface area contributed by atoms with Crippen LogP contribution in [0.15, 0.2) is 29.2 Å². The van der Waals surface area contributed by atoms with E-state index in [2.05, 4.69) is 0 Å². The Balaban J connectivity index is 2.30. The maximum Gasteiger partial charge on any atom is 0.323 e. The molecule has 1 amide bonds. The number of benzene rings is 1. The summed E-state index contributed by atoms with van der Waals surface area (Å²) in [5.74, 6) is -0.857. The highest BCUT2D eigenvalue weighted by molar-refractivity contribution is 8.26. The normalized spacial score (nSPS) is 16.9. The van der Waals surface area contributed by atoms with Crippen LogP contribution in [0.25, 0.3) is 6.08 Å². The Morgan fingerprint density at radius 1 is 1.50 bits per heavy atom. The number of thiocarbonyl (C=S) groups is 1. The highest BCUT2D eigenvalue weighted by Gasteiger charge is 2.33. The van der Waals surface area contributed by atoms with Crippen LogP contribution in [0.3, 0.4) is 0 Å². The van der Waals surface area contributed by atoms with Gasteiger partial charge in [-0.15, -0.1) is 0 Å². The van der Waals surface area contributed by atoms with E-state index in [1.54, 1.807) is 19.3 Å². The first-order chi connectivity index (χ1) is 9.52. The molecule has 1 aliphatic heterocycles. The lowest BCUT2D eigenvalue weighted by atomic mass is 10.2. The number of carbonyl (C=O) groups excluding carboxylic acids is 1. The fourth-order valence-electron chi connectivity index (χ4n) is 1.70. The summed E-state index contributed by atoms with van der Waals surface area (Å²) in [6, 6.07) is 7.24. The number of hydrogen-bond donors (Lipinski definition) is 1. The van der Waals surface area contributed by atoms with Gasteiger partial charge in [-0.1, -0.05) is 42.2 Å². The molecule has 0 aromatic heterocycles. The fraction of sp³-hybridized carbons (Fsp3) is 0.154. The molecule has 0 aliphatic carbocycles. The number of amides is 1. The first-order valence-electron chi connectivity index (χ1n) is 5.63. The smallest absolute Gasteiger partial charge is 0.323 e. The number of thioether (sulfide) groups is 1. The molecule has 20 heavy (non-hydrogen) atoms. The molecule has 0 atom stereocenters. The minimum absolute atomic E-state index is 0.249. The van der Waals surface area contributed by atoms with Crippen LogP contribution >= 0.6 is 24.0 Å². The number of para-hydroxylation sites is 1. The number of carboxylic acids is 1. The van der Waals surface area contributed by atoms with Crippen LogP contribution in [0.5, 0.6) is 5.75 Å². The van der Waals surface area contributed by atoms with Crippen LogP contribution < -0.4 is 4.74 Å². The predicted molar refractivity (Wildman–Crippen MR) is 80.5 cm³/mol. The third-order valence-corrected chi connectivity index (χ3v) is 3.97. The maximum atomic E-state index is 12.1. The minimum Gasteiger partial charge on any atom is -0.496 e. The van der Waals surface area contributed by atoms with Gasteiger partial charge in [0.2, 0.25) is 0 Å². The fourth-order valence-corrected chi connectivity index (χ4v) is 2.94. The van der Waals surface area contributed by atoms with Crippen molar-refractivity contribution in [2.75, 3.05) is 13.7 Å². The number of ether oxygens (including phenoxy) is 1. The van der Waals surface area contributed by atoms with Crippen molar-refractivity contribution in [3.63, 3.8) is 0 Å². The predicted octanol–water partition coefficient (Wildman–Crippen LogP) is 1.98. The van der Waals surface area contributed by atoms with Crippen LogP contribution in [-0.4, -0.2) is 39.9 Å². The molecule has 1 fully saturated rings. The van der Waals surface area contributed by atoms with Gasteiger partial charge in [0.05, 0.1) is 12.0 Å². The van der Waals surface area contributed by atoms with Gasteiger partial charge in [-0.2, -0.15) is 0 Å². The standard InChI is InChI=1S/C13H11NO4S2/c1-18-9-5-3-2-4-8(9)6-10-12(17)14(7-11(15)16)13(19)20-10/h2-6H,7H2,1H3,(H,15,16)/b10-6-. The Kier molecular flexibility index (Phi) is 4.41. The summed E-state index contributed by atoms with van der Waals surface area (Å²) in [6.07, 6.45) is 1.65. The van der Waals surface area contributed by atoms with Crippen LogP contribution in [0, 0.1) is 0 Å². The number of rotatable bonds is 4. The molecular formula is C13H11NO4S2. The Morgan fingerprint density at radius 3 is 2.85 bits per heavy atom. The summed E-state index contributed by atoms with van der Waals surface area (Å²) in [6.45, 7) is -0.423. The molecule has 0 bridgehead atoms. The van der Waals surface area contributed by atoms with E-state index in [0.29, 0.717) is 10.7 Å². The molecule has 1 saturated heterocycles. The molecule has 0 unspecified atom stereocenters. The van der Waals surface area contributed by atoms with E-state index in [1.807, 2.05) is 18.2 Å². The van der Waals surface area contributed by atoms with Crippen molar-refractivity contribution in [1.29, 1.82) is 0 Å². The van der Waals surface area contributed by atoms with E-state index in [1.165, 1.54) is 0 Å². The maximum absolute atomic E-state index is 12.1. The second-order valence-electron chi connectivity index (χ2n) is 3.90. The molecule has 2 rings (SSSR count). The lowest BCUT2D eigenvalue weighted by Crippen LogP contribution is -2.33. The van der Waals surface area contributed by atoms with Gasteiger partial charge in [-0.3, -0.25) is 14.5 Å². The van der Waals surface area contributed by atoms with E-state index in [0.717, 1.165) is 22.2 Å². The van der Waals surface area contributed by atoms with Gasteiger partial charge in [0, 0.05) is 5.56 Å². The van der Waals surface area contributed by atoms with Gasteiger partial charge in [0.25, 0.3) is 5.91 Å². The summed E-state index contributed by atoms with van der Waals surface area (Å²) in [4.78, 5) is 24.3. The lowest BCUT2D eigenvalue weighted by Gasteiger charge is -2.10. The van der Waals surface area contributed by atoms with Crippen LogP contribution in [-0.2, 0) is 9.59 Å². The first-order valence-corrected chi connectivity index (χ1v) is 6.85. The Bertz CT molecular complexity index is 612. The number of methoxy groups -OCH3 is 1. The van der Waals surface area contributed by atoms with Gasteiger partial charge in [0.1, 0.15) is 16.6 Å². The average molecular weight is 309 g/mol. The molecule has 1 N–H and O–H groups in total. The SMILES string of the molecule is COc1ccccc1/C=C1\SC(=S)N(CC(=O)O)C1=O. The topological polar surface area (TPSA) is 66.8 Å². The summed E-state index contributed by atoms with van der Waals surface area (Å²) < 4.78 is 5.45. The third kappa shape index (κ3) is 3.00. The Morgan fingerprint density at radius 2 is 2.20 bits per heavy atom. The molecule has 0 saturated carbocycles. The van der Waals surface area contributed by atoms with Crippen molar-refractivity contribution >= 4 is 46.3 Å². The highest BCUT2D eigenvalue weighted by atomic mass is 32.2. The molecule has 1 aromatic rings. The lowest BCUT2D eigenvalue weighted by molar-refractivity contribution is -0.140. The summed E-state index contributed by atoms with van der Waals surface area (Å²) >= 11 is 6.11. The van der Waals surface area contributed by atoms with Crippen molar-refractivity contribution in [3.05, 3.63) is 34.7 Å². The zero-order chi connectivity index (χ0) is 14.7. The molecule has 1 heterocycles. The average Bonchev–Trinajstić information content (AvgIpc) is 2.67. The Hall–Kier alpha value is -1.86. The molecule has 7 heteroatoms. The Labute approximate surface area is 125 Å². The van der Waals surface area contributed by atoms with Crippen LogP contribution in [0.1, 0.15) is 5.56 Å².